The maximum atomic E-state index is 14.0. The van der Waals surface area contributed by atoms with Crippen molar-refractivity contribution in [2.24, 2.45) is 0 Å². The van der Waals surface area contributed by atoms with E-state index in [1.54, 1.807) is 29.1 Å². The number of amides is 1. The molecule has 0 fully saturated rings. The van der Waals surface area contributed by atoms with E-state index in [0.29, 0.717) is 16.5 Å². The number of nitrogens with zero attached hydrogens (tertiary/aromatic N) is 4. The van der Waals surface area contributed by atoms with Gasteiger partial charge in [-0.25, -0.2) is 22.2 Å². The lowest BCUT2D eigenvalue weighted by atomic mass is 10.1. The lowest BCUT2D eigenvalue weighted by Gasteiger charge is -2.25. The minimum Gasteiger partial charge on any atom is -0.381 e. The molecule has 0 aliphatic carbocycles. The first-order chi connectivity index (χ1) is 16.4. The number of fused-ring (bicyclic) bond motifs is 1. The van der Waals surface area contributed by atoms with Crippen molar-refractivity contribution in [1.82, 2.24) is 14.8 Å². The van der Waals surface area contributed by atoms with Crippen LogP contribution in [0, 0.1) is 11.6 Å². The van der Waals surface area contributed by atoms with E-state index >= 15 is 0 Å². The van der Waals surface area contributed by atoms with E-state index in [2.05, 4.69) is 10.1 Å². The molecule has 2 N–H and O–H groups in total. The number of carbonyl (C=O) groups is 1. The molecule has 2 heterocycles. The molecule has 1 amide bonds. The molecule has 0 aliphatic rings. The number of nitrogens with two attached hydrogens (primary N) is 1. The lowest BCUT2D eigenvalue weighted by Crippen LogP contribution is -2.31. The van der Waals surface area contributed by atoms with Crippen LogP contribution in [0.1, 0.15) is 35.8 Å². The molecule has 2 aromatic carbocycles. The zero-order valence-electron chi connectivity index (χ0n) is 19.2. The van der Waals surface area contributed by atoms with E-state index in [9.17, 15) is 22.0 Å². The molecule has 4 rings (SSSR count). The van der Waals surface area contributed by atoms with Crippen molar-refractivity contribution in [3.63, 3.8) is 0 Å². The number of benzene rings is 2. The van der Waals surface area contributed by atoms with E-state index in [4.69, 9.17) is 5.73 Å². The number of anilines is 2. The summed E-state index contributed by atoms with van der Waals surface area (Å²) in [7, 11) is -3.89. The zero-order valence-corrected chi connectivity index (χ0v) is 20.1. The summed E-state index contributed by atoms with van der Waals surface area (Å²) in [6.45, 7) is 3.73. The summed E-state index contributed by atoms with van der Waals surface area (Å²) in [4.78, 5) is 18.6. The number of carbonyl (C=O) groups excluding carboxylic acids is 1. The minimum atomic E-state index is -3.89. The van der Waals surface area contributed by atoms with Gasteiger partial charge in [0.05, 0.1) is 34.4 Å². The Morgan fingerprint density at radius 2 is 1.89 bits per heavy atom. The van der Waals surface area contributed by atoms with Crippen LogP contribution >= 0.6 is 0 Å². The van der Waals surface area contributed by atoms with Crippen molar-refractivity contribution in [3.05, 3.63) is 77.6 Å². The Bertz CT molecular complexity index is 1550. The largest absolute Gasteiger partial charge is 0.381 e. The topological polar surface area (TPSA) is 111 Å². The normalized spacial score (nSPS) is 11.8. The average Bonchev–Trinajstić information content (AvgIpc) is 3.28. The monoisotopic (exact) mass is 499 g/mol. The highest BCUT2D eigenvalue weighted by molar-refractivity contribution is 7.90. The van der Waals surface area contributed by atoms with Crippen LogP contribution in [0.3, 0.4) is 0 Å². The van der Waals surface area contributed by atoms with E-state index in [-0.39, 0.29) is 34.6 Å². The second-order valence-electron chi connectivity index (χ2n) is 8.46. The fraction of sp³-hybridized carbons (Fsp3) is 0.208. The van der Waals surface area contributed by atoms with E-state index in [1.165, 1.54) is 23.2 Å². The molecule has 0 aliphatic heterocycles. The smallest absolute Gasteiger partial charge is 0.261 e. The van der Waals surface area contributed by atoms with Gasteiger partial charge in [-0.1, -0.05) is 12.1 Å². The fourth-order valence-electron chi connectivity index (χ4n) is 3.64. The highest BCUT2D eigenvalue weighted by Crippen LogP contribution is 2.30. The van der Waals surface area contributed by atoms with Gasteiger partial charge in [-0.15, -0.1) is 0 Å². The van der Waals surface area contributed by atoms with Gasteiger partial charge in [-0.3, -0.25) is 9.48 Å². The van der Waals surface area contributed by atoms with Gasteiger partial charge < -0.3 is 10.6 Å². The predicted octanol–water partition coefficient (Wildman–Crippen LogP) is 4.12. The summed E-state index contributed by atoms with van der Waals surface area (Å²) < 4.78 is 54.3. The van der Waals surface area contributed by atoms with Gasteiger partial charge >= 0.3 is 0 Å². The molecule has 8 nitrogen and oxygen atoms in total. The van der Waals surface area contributed by atoms with Gasteiger partial charge in [0, 0.05) is 23.9 Å². The SMILES string of the molecule is CC(C)n1cc(C(=O)N(Cc2ccc3cc(F)c(N)nc3c2)c2ccc(F)cc2S(C)(=O)=O)cn1. The Balaban J connectivity index is 1.84. The lowest BCUT2D eigenvalue weighted by molar-refractivity contribution is 0.0984. The summed E-state index contributed by atoms with van der Waals surface area (Å²) >= 11 is 0. The van der Waals surface area contributed by atoms with Gasteiger partial charge in [0.1, 0.15) is 5.82 Å². The zero-order chi connectivity index (χ0) is 25.5. The summed E-state index contributed by atoms with van der Waals surface area (Å²) in [6.07, 6.45) is 3.90. The maximum Gasteiger partial charge on any atom is 0.261 e. The molecular weight excluding hydrogens is 476 g/mol. The van der Waals surface area contributed by atoms with Crippen LogP contribution in [-0.4, -0.2) is 35.3 Å². The molecule has 0 radical (unpaired) electrons. The Morgan fingerprint density at radius 3 is 2.54 bits per heavy atom. The van der Waals surface area contributed by atoms with Crippen LogP contribution in [-0.2, 0) is 16.4 Å². The fourth-order valence-corrected chi connectivity index (χ4v) is 4.53. The van der Waals surface area contributed by atoms with E-state index in [0.717, 1.165) is 18.4 Å². The van der Waals surface area contributed by atoms with Crippen molar-refractivity contribution >= 4 is 38.2 Å². The highest BCUT2D eigenvalue weighted by atomic mass is 32.2. The van der Waals surface area contributed by atoms with Gasteiger partial charge in [-0.05, 0) is 49.7 Å². The van der Waals surface area contributed by atoms with E-state index < -0.39 is 27.4 Å². The second kappa shape index (κ2) is 9.06. The Labute approximate surface area is 200 Å². The van der Waals surface area contributed by atoms with Crippen molar-refractivity contribution in [2.45, 2.75) is 31.3 Å². The second-order valence-corrected chi connectivity index (χ2v) is 10.4. The van der Waals surface area contributed by atoms with Crippen LogP contribution in [0.2, 0.25) is 0 Å². The molecule has 0 unspecified atom stereocenters. The van der Waals surface area contributed by atoms with Crippen molar-refractivity contribution in [3.8, 4) is 0 Å². The average molecular weight is 500 g/mol. The molecular formula is C24H23F2N5O3S. The summed E-state index contributed by atoms with van der Waals surface area (Å²) in [5, 5.41) is 4.70. The third-order valence-corrected chi connectivity index (χ3v) is 6.56. The molecule has 0 bridgehead atoms. The Morgan fingerprint density at radius 1 is 1.14 bits per heavy atom. The quantitative estimate of drug-likeness (QED) is 0.427. The number of aromatic nitrogens is 3. The summed E-state index contributed by atoms with van der Waals surface area (Å²) in [6, 6.07) is 9.41. The highest BCUT2D eigenvalue weighted by Gasteiger charge is 2.26. The molecule has 0 saturated carbocycles. The molecule has 35 heavy (non-hydrogen) atoms. The number of halogens is 2. The Hall–Kier alpha value is -3.86. The number of rotatable bonds is 6. The summed E-state index contributed by atoms with van der Waals surface area (Å²) in [5.74, 6) is -2.18. The molecule has 2 aromatic heterocycles. The molecule has 0 spiro atoms. The number of pyridine rings is 1. The number of sulfone groups is 1. The first-order valence-electron chi connectivity index (χ1n) is 10.6. The van der Waals surface area contributed by atoms with Crippen LogP contribution < -0.4 is 10.6 Å². The maximum absolute atomic E-state index is 14.0. The molecule has 182 valence electrons. The number of nitrogen functional groups attached to an aromatic ring is 1. The van der Waals surface area contributed by atoms with Gasteiger partial charge in [0.25, 0.3) is 5.91 Å². The minimum absolute atomic E-state index is 0.000169. The van der Waals surface area contributed by atoms with Crippen LogP contribution in [0.15, 0.2) is 59.8 Å². The summed E-state index contributed by atoms with van der Waals surface area (Å²) in [5.41, 5.74) is 6.82. The molecule has 0 saturated heterocycles. The third kappa shape index (κ3) is 4.99. The third-order valence-electron chi connectivity index (χ3n) is 5.44. The number of hydrogen-bond acceptors (Lipinski definition) is 6. The first kappa shape index (κ1) is 24.3. The van der Waals surface area contributed by atoms with E-state index in [1.807, 2.05) is 13.8 Å². The Kier molecular flexibility index (Phi) is 6.28. The van der Waals surface area contributed by atoms with Crippen LogP contribution in [0.25, 0.3) is 10.9 Å². The first-order valence-corrected chi connectivity index (χ1v) is 12.5. The van der Waals surface area contributed by atoms with Crippen LogP contribution in [0.5, 0.6) is 0 Å². The number of hydrogen-bond donors (Lipinski definition) is 1. The van der Waals surface area contributed by atoms with Crippen molar-refractivity contribution < 1.29 is 22.0 Å². The van der Waals surface area contributed by atoms with Gasteiger partial charge in [0.15, 0.2) is 21.5 Å². The standard InChI is InChI=1S/C24H23F2N5O3S/c1-14(2)31-13-17(11-28-31)24(32)30(21-7-6-18(25)10-22(21)35(3,33)34)12-15-4-5-16-9-19(26)23(27)29-20(16)8-15/h4-11,13-14H,12H2,1-3H3,(H2,27,29). The van der Waals surface area contributed by atoms with Crippen molar-refractivity contribution in [2.75, 3.05) is 16.9 Å². The molecule has 0 atom stereocenters. The molecule has 4 aromatic rings. The predicted molar refractivity (Wildman–Crippen MR) is 129 cm³/mol. The molecule has 11 heteroatoms. The van der Waals surface area contributed by atoms with Gasteiger partial charge in [0.2, 0.25) is 0 Å². The van der Waals surface area contributed by atoms with Crippen molar-refractivity contribution in [1.29, 1.82) is 0 Å². The van der Waals surface area contributed by atoms with Gasteiger partial charge in [-0.2, -0.15) is 5.10 Å². The van der Waals surface area contributed by atoms with Crippen LogP contribution in [0.4, 0.5) is 20.3 Å².